The summed E-state index contributed by atoms with van der Waals surface area (Å²) in [4.78, 5) is 3.73. The second kappa shape index (κ2) is 2.94. The molecule has 0 saturated carbocycles. The first-order chi connectivity index (χ1) is 5.56. The maximum atomic E-state index is 12.7. The summed E-state index contributed by atoms with van der Waals surface area (Å²) in [5, 5.41) is 0. The summed E-state index contributed by atoms with van der Waals surface area (Å²) >= 11 is 0. The lowest BCUT2D eigenvalue weighted by atomic mass is 9.87. The zero-order valence-corrected chi connectivity index (χ0v) is 7.13. The predicted octanol–water partition coefficient (Wildman–Crippen LogP) is 2.13. The van der Waals surface area contributed by atoms with Crippen LogP contribution < -0.4 is 0 Å². The second-order valence-electron chi connectivity index (χ2n) is 3.16. The van der Waals surface area contributed by atoms with Crippen LogP contribution in [0.4, 0.5) is 4.39 Å². The first-order valence-corrected chi connectivity index (χ1v) is 3.65. The van der Waals surface area contributed by atoms with Crippen LogP contribution in [0.5, 0.6) is 0 Å². The monoisotopic (exact) mass is 163 g/mol. The van der Waals surface area contributed by atoms with Crippen LogP contribution in [-0.4, -0.2) is 4.98 Å². The molecule has 1 heterocycles. The molecule has 0 N–H and O–H groups in total. The fraction of sp³-hybridized carbons (Fsp3) is 0.300. The molecule has 0 spiro atoms. The molecule has 12 heavy (non-hydrogen) atoms. The highest BCUT2D eigenvalue weighted by Gasteiger charge is 2.17. The van der Waals surface area contributed by atoms with Crippen LogP contribution in [0, 0.1) is 18.2 Å². The second-order valence-corrected chi connectivity index (χ2v) is 3.16. The van der Waals surface area contributed by atoms with Gasteiger partial charge in [-0.05, 0) is 25.5 Å². The molecule has 1 rings (SSSR count). The van der Waals surface area contributed by atoms with Gasteiger partial charge in [0.05, 0.1) is 11.6 Å². The minimum Gasteiger partial charge on any atom is -0.261 e. The van der Waals surface area contributed by atoms with Crippen LogP contribution in [0.1, 0.15) is 19.4 Å². The van der Waals surface area contributed by atoms with E-state index in [1.54, 1.807) is 6.20 Å². The Labute approximate surface area is 71.6 Å². The van der Waals surface area contributed by atoms with Gasteiger partial charge in [-0.2, -0.15) is 0 Å². The van der Waals surface area contributed by atoms with E-state index in [0.717, 1.165) is 11.8 Å². The third-order valence-corrected chi connectivity index (χ3v) is 1.79. The lowest BCUT2D eigenvalue weighted by molar-refractivity contribution is 0.606. The Hall–Kier alpha value is -1.36. The van der Waals surface area contributed by atoms with Gasteiger partial charge in [-0.15, -0.1) is 6.42 Å². The van der Waals surface area contributed by atoms with Gasteiger partial charge < -0.3 is 0 Å². The molecule has 0 aliphatic rings. The largest absolute Gasteiger partial charge is 0.261 e. The number of hydrogen-bond donors (Lipinski definition) is 0. The molecular weight excluding hydrogens is 153 g/mol. The van der Waals surface area contributed by atoms with Crippen LogP contribution in [0.25, 0.3) is 0 Å². The summed E-state index contributed by atoms with van der Waals surface area (Å²) in [6, 6.07) is 1.41. The minimum absolute atomic E-state index is 0.351. The molecule has 0 saturated heterocycles. The topological polar surface area (TPSA) is 12.9 Å². The molecule has 2 heteroatoms. The highest BCUT2D eigenvalue weighted by atomic mass is 19.1. The van der Waals surface area contributed by atoms with Gasteiger partial charge in [0.25, 0.3) is 0 Å². The standard InChI is InChI=1S/C10H10FN/c1-4-10(2,3)8-5-9(11)7-12-6-8/h1,5-7H,2-3H3. The summed E-state index contributed by atoms with van der Waals surface area (Å²) in [6.45, 7) is 3.70. The molecule has 0 fully saturated rings. The van der Waals surface area contributed by atoms with Crippen molar-refractivity contribution in [1.29, 1.82) is 0 Å². The highest BCUT2D eigenvalue weighted by molar-refractivity contribution is 5.29. The van der Waals surface area contributed by atoms with Crippen molar-refractivity contribution >= 4 is 0 Å². The lowest BCUT2D eigenvalue weighted by Gasteiger charge is -2.16. The van der Waals surface area contributed by atoms with E-state index in [0.29, 0.717) is 0 Å². The highest BCUT2D eigenvalue weighted by Crippen LogP contribution is 2.21. The number of rotatable bonds is 1. The summed E-state index contributed by atoms with van der Waals surface area (Å²) in [5.41, 5.74) is 0.278. The van der Waals surface area contributed by atoms with Crippen LogP contribution in [-0.2, 0) is 5.41 Å². The minimum atomic E-state index is -0.449. The Morgan fingerprint density at radius 3 is 2.67 bits per heavy atom. The van der Waals surface area contributed by atoms with Crippen molar-refractivity contribution < 1.29 is 4.39 Å². The van der Waals surface area contributed by atoms with Crippen molar-refractivity contribution in [1.82, 2.24) is 4.98 Å². The summed E-state index contributed by atoms with van der Waals surface area (Å²) in [7, 11) is 0. The molecule has 62 valence electrons. The van der Waals surface area contributed by atoms with E-state index in [2.05, 4.69) is 10.9 Å². The number of pyridine rings is 1. The fourth-order valence-corrected chi connectivity index (χ4v) is 0.837. The van der Waals surface area contributed by atoms with Gasteiger partial charge in [-0.1, -0.05) is 5.92 Å². The number of halogens is 1. The summed E-state index contributed by atoms with van der Waals surface area (Å²) in [5.74, 6) is 2.23. The zero-order valence-electron chi connectivity index (χ0n) is 7.13. The van der Waals surface area contributed by atoms with Gasteiger partial charge in [-0.3, -0.25) is 4.98 Å². The molecule has 1 nitrogen and oxygen atoms in total. The van der Waals surface area contributed by atoms with Gasteiger partial charge in [0.2, 0.25) is 0 Å². The average Bonchev–Trinajstić information content (AvgIpc) is 2.05. The third-order valence-electron chi connectivity index (χ3n) is 1.79. The Morgan fingerprint density at radius 2 is 2.17 bits per heavy atom. The number of hydrogen-bond acceptors (Lipinski definition) is 1. The van der Waals surface area contributed by atoms with Gasteiger partial charge in [0, 0.05) is 6.20 Å². The first-order valence-electron chi connectivity index (χ1n) is 3.65. The van der Waals surface area contributed by atoms with Gasteiger partial charge in [-0.25, -0.2) is 4.39 Å². The Bertz CT molecular complexity index is 323. The van der Waals surface area contributed by atoms with Gasteiger partial charge in [0.1, 0.15) is 5.82 Å². The molecule has 0 aromatic carbocycles. The van der Waals surface area contributed by atoms with Crippen LogP contribution in [0.15, 0.2) is 18.5 Å². The van der Waals surface area contributed by atoms with Crippen molar-refractivity contribution in [2.75, 3.05) is 0 Å². The van der Waals surface area contributed by atoms with E-state index >= 15 is 0 Å². The van der Waals surface area contributed by atoms with Crippen molar-refractivity contribution in [3.8, 4) is 12.3 Å². The van der Waals surface area contributed by atoms with E-state index in [1.165, 1.54) is 6.07 Å². The number of terminal acetylenes is 1. The van der Waals surface area contributed by atoms with E-state index in [-0.39, 0.29) is 5.82 Å². The number of nitrogens with zero attached hydrogens (tertiary/aromatic N) is 1. The van der Waals surface area contributed by atoms with Crippen LogP contribution in [0.3, 0.4) is 0 Å². The fourth-order valence-electron chi connectivity index (χ4n) is 0.837. The smallest absolute Gasteiger partial charge is 0.141 e. The Morgan fingerprint density at radius 1 is 1.50 bits per heavy atom. The van der Waals surface area contributed by atoms with E-state index in [9.17, 15) is 4.39 Å². The van der Waals surface area contributed by atoms with E-state index in [1.807, 2.05) is 13.8 Å². The van der Waals surface area contributed by atoms with Crippen LogP contribution in [0.2, 0.25) is 0 Å². The summed E-state index contributed by atoms with van der Waals surface area (Å²) in [6.07, 6.45) is 8.04. The maximum Gasteiger partial charge on any atom is 0.141 e. The lowest BCUT2D eigenvalue weighted by Crippen LogP contribution is -2.14. The van der Waals surface area contributed by atoms with Crippen LogP contribution >= 0.6 is 0 Å². The van der Waals surface area contributed by atoms with Crippen molar-refractivity contribution in [2.24, 2.45) is 0 Å². The third kappa shape index (κ3) is 1.62. The molecule has 0 aliphatic carbocycles. The molecule has 0 bridgehead atoms. The van der Waals surface area contributed by atoms with Crippen molar-refractivity contribution in [3.05, 3.63) is 29.8 Å². The van der Waals surface area contributed by atoms with Gasteiger partial charge >= 0.3 is 0 Å². The molecule has 0 amide bonds. The normalized spacial score (nSPS) is 10.8. The molecule has 0 atom stereocenters. The quantitative estimate of drug-likeness (QED) is 0.578. The Kier molecular flexibility index (Phi) is 2.14. The number of aromatic nitrogens is 1. The molecule has 1 aromatic rings. The molecule has 0 radical (unpaired) electrons. The SMILES string of the molecule is C#CC(C)(C)c1cncc(F)c1. The molecule has 0 unspecified atom stereocenters. The molecule has 1 aromatic heterocycles. The van der Waals surface area contributed by atoms with Gasteiger partial charge in [0.15, 0.2) is 0 Å². The average molecular weight is 163 g/mol. The molecule has 0 aliphatic heterocycles. The van der Waals surface area contributed by atoms with E-state index in [4.69, 9.17) is 6.42 Å². The van der Waals surface area contributed by atoms with Crippen molar-refractivity contribution in [3.63, 3.8) is 0 Å². The Balaban J connectivity index is 3.14. The molecular formula is C10H10FN. The van der Waals surface area contributed by atoms with E-state index < -0.39 is 5.41 Å². The zero-order chi connectivity index (χ0) is 9.19. The summed E-state index contributed by atoms with van der Waals surface area (Å²) < 4.78 is 12.7. The first kappa shape index (κ1) is 8.73. The maximum absolute atomic E-state index is 12.7. The van der Waals surface area contributed by atoms with Crippen molar-refractivity contribution in [2.45, 2.75) is 19.3 Å². The predicted molar refractivity (Wildman–Crippen MR) is 46.1 cm³/mol.